The third-order valence-corrected chi connectivity index (χ3v) is 3.58. The molecule has 15 heavy (non-hydrogen) atoms. The fraction of sp³-hybridized carbons (Fsp3) is 0.917. The van der Waals surface area contributed by atoms with E-state index in [2.05, 4.69) is 30.7 Å². The molecule has 3 heteroatoms. The Balaban J connectivity index is 2.00. The minimum Gasteiger partial charge on any atom is -0.370 e. The summed E-state index contributed by atoms with van der Waals surface area (Å²) in [5.41, 5.74) is 6.18. The van der Waals surface area contributed by atoms with Gasteiger partial charge < -0.3 is 10.6 Å². The molecule has 0 radical (unpaired) electrons. The van der Waals surface area contributed by atoms with Gasteiger partial charge in [0.25, 0.3) is 0 Å². The SMILES string of the molecule is CC(C)CCC1(C)CN=C(N)N1C1CC1. The average Bonchev–Trinajstić information content (AvgIpc) is 2.93. The molecule has 0 aromatic rings. The summed E-state index contributed by atoms with van der Waals surface area (Å²) in [5.74, 6) is 1.55. The van der Waals surface area contributed by atoms with E-state index in [4.69, 9.17) is 5.73 Å². The standard InChI is InChI=1S/C12H23N3/c1-9(2)6-7-12(3)8-14-11(13)15(12)10-4-5-10/h9-10H,4-8H2,1-3H3,(H2,13,14). The minimum absolute atomic E-state index is 0.204. The molecule has 0 aromatic carbocycles. The van der Waals surface area contributed by atoms with Crippen molar-refractivity contribution < 1.29 is 0 Å². The van der Waals surface area contributed by atoms with E-state index < -0.39 is 0 Å². The van der Waals surface area contributed by atoms with Gasteiger partial charge in [0.15, 0.2) is 5.96 Å². The second-order valence-corrected chi connectivity index (χ2v) is 5.71. The van der Waals surface area contributed by atoms with Gasteiger partial charge in [0.05, 0.1) is 12.1 Å². The van der Waals surface area contributed by atoms with Crippen LogP contribution in [0.4, 0.5) is 0 Å². The van der Waals surface area contributed by atoms with Gasteiger partial charge in [-0.1, -0.05) is 13.8 Å². The van der Waals surface area contributed by atoms with Crippen molar-refractivity contribution in [3.63, 3.8) is 0 Å². The van der Waals surface area contributed by atoms with E-state index in [0.717, 1.165) is 18.4 Å². The lowest BCUT2D eigenvalue weighted by Gasteiger charge is -2.37. The molecular formula is C12H23N3. The summed E-state index contributed by atoms with van der Waals surface area (Å²) in [6.45, 7) is 7.77. The highest BCUT2D eigenvalue weighted by Gasteiger charge is 2.45. The molecule has 1 heterocycles. The molecule has 3 nitrogen and oxygen atoms in total. The van der Waals surface area contributed by atoms with Crippen molar-refractivity contribution >= 4 is 5.96 Å². The van der Waals surface area contributed by atoms with Gasteiger partial charge in [0.1, 0.15) is 0 Å². The molecule has 2 N–H and O–H groups in total. The first kappa shape index (κ1) is 10.8. The Morgan fingerprint density at radius 3 is 2.73 bits per heavy atom. The molecule has 2 aliphatic rings. The predicted molar refractivity (Wildman–Crippen MR) is 63.8 cm³/mol. The molecule has 1 fully saturated rings. The lowest BCUT2D eigenvalue weighted by Crippen LogP contribution is -2.50. The zero-order chi connectivity index (χ0) is 11.1. The number of nitrogens with zero attached hydrogens (tertiary/aromatic N) is 2. The van der Waals surface area contributed by atoms with Gasteiger partial charge in [-0.25, -0.2) is 0 Å². The highest BCUT2D eigenvalue weighted by Crippen LogP contribution is 2.38. The van der Waals surface area contributed by atoms with Crippen molar-refractivity contribution in [3.05, 3.63) is 0 Å². The van der Waals surface area contributed by atoms with Gasteiger partial charge in [0, 0.05) is 6.04 Å². The molecular weight excluding hydrogens is 186 g/mol. The van der Waals surface area contributed by atoms with Gasteiger partial charge in [-0.15, -0.1) is 0 Å². The summed E-state index contributed by atoms with van der Waals surface area (Å²) in [6, 6.07) is 0.688. The highest BCUT2D eigenvalue weighted by atomic mass is 15.4. The molecule has 0 amide bonds. The van der Waals surface area contributed by atoms with Crippen molar-refractivity contribution in [3.8, 4) is 0 Å². The van der Waals surface area contributed by atoms with Crippen LogP contribution >= 0.6 is 0 Å². The van der Waals surface area contributed by atoms with Crippen molar-refractivity contribution in [2.75, 3.05) is 6.54 Å². The molecule has 0 spiro atoms. The number of rotatable bonds is 4. The Kier molecular flexibility index (Phi) is 2.65. The first-order valence-electron chi connectivity index (χ1n) is 6.12. The molecule has 2 rings (SSSR count). The summed E-state index contributed by atoms with van der Waals surface area (Å²) < 4.78 is 0. The summed E-state index contributed by atoms with van der Waals surface area (Å²) in [6.07, 6.45) is 5.08. The van der Waals surface area contributed by atoms with Crippen molar-refractivity contribution in [2.24, 2.45) is 16.6 Å². The molecule has 1 atom stereocenters. The lowest BCUT2D eigenvalue weighted by molar-refractivity contribution is 0.189. The number of hydrogen-bond donors (Lipinski definition) is 1. The van der Waals surface area contributed by atoms with Crippen LogP contribution in [0.15, 0.2) is 4.99 Å². The summed E-state index contributed by atoms with van der Waals surface area (Å²) in [7, 11) is 0. The Labute approximate surface area is 92.7 Å². The third kappa shape index (κ3) is 2.11. The van der Waals surface area contributed by atoms with Gasteiger partial charge in [-0.05, 0) is 38.5 Å². The van der Waals surface area contributed by atoms with Crippen LogP contribution in [0.1, 0.15) is 46.5 Å². The Bertz CT molecular complexity index is 268. The smallest absolute Gasteiger partial charge is 0.192 e. The fourth-order valence-corrected chi connectivity index (χ4v) is 2.44. The quantitative estimate of drug-likeness (QED) is 0.769. The van der Waals surface area contributed by atoms with Crippen LogP contribution in [0.5, 0.6) is 0 Å². The average molecular weight is 209 g/mol. The van der Waals surface area contributed by atoms with Gasteiger partial charge in [0.2, 0.25) is 0 Å². The molecule has 0 saturated heterocycles. The van der Waals surface area contributed by atoms with E-state index in [9.17, 15) is 0 Å². The fourth-order valence-electron chi connectivity index (χ4n) is 2.44. The topological polar surface area (TPSA) is 41.6 Å². The van der Waals surface area contributed by atoms with E-state index in [1.807, 2.05) is 0 Å². The second-order valence-electron chi connectivity index (χ2n) is 5.71. The van der Waals surface area contributed by atoms with E-state index in [1.54, 1.807) is 0 Å². The van der Waals surface area contributed by atoms with Gasteiger partial charge in [-0.3, -0.25) is 4.99 Å². The Hall–Kier alpha value is -0.730. The van der Waals surface area contributed by atoms with Crippen LogP contribution in [0.25, 0.3) is 0 Å². The van der Waals surface area contributed by atoms with E-state index in [-0.39, 0.29) is 5.54 Å². The normalized spacial score (nSPS) is 31.2. The largest absolute Gasteiger partial charge is 0.370 e. The molecule has 1 unspecified atom stereocenters. The van der Waals surface area contributed by atoms with Gasteiger partial charge >= 0.3 is 0 Å². The number of guanidine groups is 1. The summed E-state index contributed by atoms with van der Waals surface area (Å²) >= 11 is 0. The van der Waals surface area contributed by atoms with Crippen molar-refractivity contribution in [1.82, 2.24) is 4.90 Å². The Morgan fingerprint density at radius 2 is 2.20 bits per heavy atom. The summed E-state index contributed by atoms with van der Waals surface area (Å²) in [5, 5.41) is 0. The maximum absolute atomic E-state index is 5.98. The summed E-state index contributed by atoms with van der Waals surface area (Å²) in [4.78, 5) is 6.81. The molecule has 1 aliphatic heterocycles. The third-order valence-electron chi connectivity index (χ3n) is 3.58. The zero-order valence-electron chi connectivity index (χ0n) is 10.2. The Morgan fingerprint density at radius 1 is 1.53 bits per heavy atom. The molecule has 86 valence electrons. The predicted octanol–water partition coefficient (Wildman–Crippen LogP) is 1.97. The van der Waals surface area contributed by atoms with Crippen LogP contribution < -0.4 is 5.73 Å². The molecule has 1 saturated carbocycles. The zero-order valence-corrected chi connectivity index (χ0v) is 10.2. The lowest BCUT2D eigenvalue weighted by atomic mass is 9.91. The van der Waals surface area contributed by atoms with Crippen LogP contribution in [-0.2, 0) is 0 Å². The number of hydrogen-bond acceptors (Lipinski definition) is 3. The maximum atomic E-state index is 5.98. The molecule has 1 aliphatic carbocycles. The van der Waals surface area contributed by atoms with Crippen molar-refractivity contribution in [1.29, 1.82) is 0 Å². The maximum Gasteiger partial charge on any atom is 0.192 e. The second kappa shape index (κ2) is 3.69. The van der Waals surface area contributed by atoms with E-state index in [1.165, 1.54) is 25.7 Å². The van der Waals surface area contributed by atoms with Gasteiger partial charge in [-0.2, -0.15) is 0 Å². The van der Waals surface area contributed by atoms with Crippen LogP contribution in [0.3, 0.4) is 0 Å². The first-order chi connectivity index (χ1) is 7.03. The number of aliphatic imine (C=N–C) groups is 1. The molecule has 0 aromatic heterocycles. The van der Waals surface area contributed by atoms with E-state index in [0.29, 0.717) is 6.04 Å². The van der Waals surface area contributed by atoms with Crippen LogP contribution in [0.2, 0.25) is 0 Å². The van der Waals surface area contributed by atoms with E-state index >= 15 is 0 Å². The number of nitrogens with two attached hydrogens (primary N) is 1. The first-order valence-corrected chi connectivity index (χ1v) is 6.12. The van der Waals surface area contributed by atoms with Crippen LogP contribution in [-0.4, -0.2) is 29.0 Å². The highest BCUT2D eigenvalue weighted by molar-refractivity contribution is 5.81. The monoisotopic (exact) mass is 209 g/mol. The molecule has 0 bridgehead atoms. The van der Waals surface area contributed by atoms with Crippen molar-refractivity contribution in [2.45, 2.75) is 58.0 Å². The van der Waals surface area contributed by atoms with Crippen LogP contribution in [0, 0.1) is 5.92 Å². The minimum atomic E-state index is 0.204.